The van der Waals surface area contributed by atoms with Gasteiger partial charge >= 0.3 is 0 Å². The number of benzene rings is 1. The van der Waals surface area contributed by atoms with Crippen LogP contribution in [0.1, 0.15) is 25.6 Å². The van der Waals surface area contributed by atoms with Crippen molar-refractivity contribution in [2.24, 2.45) is 0 Å². The van der Waals surface area contributed by atoms with Gasteiger partial charge in [0.25, 0.3) is 10.0 Å². The molecule has 0 aliphatic carbocycles. The van der Waals surface area contributed by atoms with Gasteiger partial charge in [0.2, 0.25) is 10.0 Å². The molecule has 10 heteroatoms. The molecule has 0 saturated carbocycles. The fourth-order valence-electron chi connectivity index (χ4n) is 2.51. The number of anilines is 1. The Morgan fingerprint density at radius 2 is 1.70 bits per heavy atom. The highest BCUT2D eigenvalue weighted by Crippen LogP contribution is 2.31. The lowest BCUT2D eigenvalue weighted by Crippen LogP contribution is -2.31. The van der Waals surface area contributed by atoms with Gasteiger partial charge in [0.1, 0.15) is 14.9 Å². The van der Waals surface area contributed by atoms with Crippen molar-refractivity contribution >= 4 is 37.1 Å². The zero-order chi connectivity index (χ0) is 20.2. The predicted molar refractivity (Wildman–Crippen MR) is 108 cm³/mol. The van der Waals surface area contributed by atoms with Gasteiger partial charge in [-0.05, 0) is 44.2 Å². The van der Waals surface area contributed by atoms with Crippen molar-refractivity contribution in [2.45, 2.75) is 36.8 Å². The van der Waals surface area contributed by atoms with Crippen LogP contribution < -0.4 is 9.46 Å². The summed E-state index contributed by atoms with van der Waals surface area (Å²) in [7, 11) is -7.61. The molecule has 1 aromatic heterocycles. The van der Waals surface area contributed by atoms with E-state index in [9.17, 15) is 16.8 Å². The largest absolute Gasteiger partial charge is 0.492 e. The first-order valence-corrected chi connectivity index (χ1v) is 12.3. The predicted octanol–water partition coefficient (Wildman–Crippen LogP) is 3.29. The van der Waals surface area contributed by atoms with Gasteiger partial charge in [-0.3, -0.25) is 4.72 Å². The first-order chi connectivity index (χ1) is 12.7. The van der Waals surface area contributed by atoms with E-state index in [1.807, 2.05) is 6.92 Å². The first kappa shape index (κ1) is 21.7. The van der Waals surface area contributed by atoms with Crippen LogP contribution in [-0.2, 0) is 20.0 Å². The maximum Gasteiger partial charge on any atom is 0.271 e. The topological polar surface area (TPSA) is 92.8 Å². The second kappa shape index (κ2) is 8.59. The Balaban J connectivity index is 2.49. The molecule has 0 unspecified atom stereocenters. The number of nitrogens with one attached hydrogen (secondary N) is 1. The van der Waals surface area contributed by atoms with Crippen molar-refractivity contribution in [1.82, 2.24) is 4.31 Å². The van der Waals surface area contributed by atoms with Crippen molar-refractivity contribution in [2.75, 3.05) is 24.4 Å². The number of hydrogen-bond acceptors (Lipinski definition) is 6. The molecule has 0 aliphatic heterocycles. The lowest BCUT2D eigenvalue weighted by Gasteiger charge is -2.21. The SMILES string of the molecule is CCOc1ccc(NS(=O)(=O)c2ccc(C)s2)cc1S(=O)(=O)N(CC)CC. The third-order valence-electron chi connectivity index (χ3n) is 3.80. The first-order valence-electron chi connectivity index (χ1n) is 8.52. The second-order valence-electron chi connectivity index (χ2n) is 5.65. The Hall–Kier alpha value is -1.62. The Morgan fingerprint density at radius 3 is 2.22 bits per heavy atom. The molecular weight excluding hydrogens is 408 g/mol. The molecule has 2 rings (SSSR count). The van der Waals surface area contributed by atoms with Crippen LogP contribution in [0.3, 0.4) is 0 Å². The second-order valence-corrected chi connectivity index (χ2v) is 10.8. The summed E-state index contributed by atoms with van der Waals surface area (Å²) in [5.74, 6) is 0.194. The molecule has 0 spiro atoms. The van der Waals surface area contributed by atoms with E-state index in [-0.39, 0.29) is 20.5 Å². The quantitative estimate of drug-likeness (QED) is 0.656. The van der Waals surface area contributed by atoms with Gasteiger partial charge in [0.15, 0.2) is 0 Å². The van der Waals surface area contributed by atoms with Crippen LogP contribution in [0.4, 0.5) is 5.69 Å². The summed E-state index contributed by atoms with van der Waals surface area (Å²) in [6.07, 6.45) is 0. The summed E-state index contributed by atoms with van der Waals surface area (Å²) >= 11 is 1.15. The summed E-state index contributed by atoms with van der Waals surface area (Å²) in [5.41, 5.74) is 0.162. The molecular formula is C17H24N2O5S3. The zero-order valence-corrected chi connectivity index (χ0v) is 18.2. The van der Waals surface area contributed by atoms with Crippen molar-refractivity contribution in [3.05, 3.63) is 35.2 Å². The van der Waals surface area contributed by atoms with Crippen LogP contribution in [0.2, 0.25) is 0 Å². The molecule has 7 nitrogen and oxygen atoms in total. The monoisotopic (exact) mass is 432 g/mol. The number of thiophene rings is 1. The molecule has 0 amide bonds. The number of aryl methyl sites for hydroxylation is 1. The number of nitrogens with zero attached hydrogens (tertiary/aromatic N) is 1. The molecule has 27 heavy (non-hydrogen) atoms. The Bertz CT molecular complexity index is 993. The molecule has 150 valence electrons. The van der Waals surface area contributed by atoms with Gasteiger partial charge in [-0.1, -0.05) is 13.8 Å². The summed E-state index contributed by atoms with van der Waals surface area (Å²) < 4.78 is 60.4. The average molecular weight is 433 g/mol. The van der Waals surface area contributed by atoms with Crippen LogP contribution in [0, 0.1) is 6.92 Å². The minimum Gasteiger partial charge on any atom is -0.492 e. The fourth-order valence-corrected chi connectivity index (χ4v) is 6.46. The number of ether oxygens (including phenoxy) is 1. The van der Waals surface area contributed by atoms with Gasteiger partial charge in [0, 0.05) is 18.0 Å². The van der Waals surface area contributed by atoms with E-state index in [2.05, 4.69) is 4.72 Å². The van der Waals surface area contributed by atoms with Gasteiger partial charge in [-0.2, -0.15) is 4.31 Å². The maximum absolute atomic E-state index is 13.0. The third kappa shape index (κ3) is 4.81. The summed E-state index contributed by atoms with van der Waals surface area (Å²) in [6, 6.07) is 7.50. The standard InChI is InChI=1S/C17H24N2O5S3/c1-5-19(6-2)27(22,23)16-12-14(9-10-15(16)24-7-3)18-26(20,21)17-11-8-13(4)25-17/h8-12,18H,5-7H2,1-4H3. The molecule has 0 aliphatic rings. The van der Waals surface area contributed by atoms with Crippen LogP contribution in [-0.4, -0.2) is 40.8 Å². The minimum atomic E-state index is -3.82. The van der Waals surface area contributed by atoms with E-state index < -0.39 is 20.0 Å². The van der Waals surface area contributed by atoms with E-state index in [0.29, 0.717) is 19.7 Å². The average Bonchev–Trinajstić information content (AvgIpc) is 3.04. The summed E-state index contributed by atoms with van der Waals surface area (Å²) in [6.45, 7) is 7.95. The van der Waals surface area contributed by atoms with E-state index in [1.54, 1.807) is 26.8 Å². The molecule has 1 N–H and O–H groups in total. The lowest BCUT2D eigenvalue weighted by molar-refractivity contribution is 0.329. The summed E-state index contributed by atoms with van der Waals surface area (Å²) in [5, 5.41) is 0. The van der Waals surface area contributed by atoms with Gasteiger partial charge in [0.05, 0.1) is 12.3 Å². The molecule has 1 heterocycles. The molecule has 0 atom stereocenters. The molecule has 2 aromatic rings. The molecule has 0 radical (unpaired) electrons. The highest BCUT2D eigenvalue weighted by atomic mass is 32.2. The maximum atomic E-state index is 13.0. The van der Waals surface area contributed by atoms with Crippen molar-refractivity contribution in [3.8, 4) is 5.75 Å². The zero-order valence-electron chi connectivity index (χ0n) is 15.7. The van der Waals surface area contributed by atoms with Crippen LogP contribution in [0.5, 0.6) is 5.75 Å². The van der Waals surface area contributed by atoms with Crippen molar-refractivity contribution in [1.29, 1.82) is 0 Å². The number of hydrogen-bond donors (Lipinski definition) is 1. The van der Waals surface area contributed by atoms with E-state index in [4.69, 9.17) is 4.74 Å². The minimum absolute atomic E-state index is 0.0596. The normalized spacial score (nSPS) is 12.3. The van der Waals surface area contributed by atoms with E-state index >= 15 is 0 Å². The van der Waals surface area contributed by atoms with Gasteiger partial charge in [-0.15, -0.1) is 11.3 Å². The lowest BCUT2D eigenvalue weighted by atomic mass is 10.3. The van der Waals surface area contributed by atoms with Crippen molar-refractivity contribution in [3.63, 3.8) is 0 Å². The molecule has 1 aromatic carbocycles. The Kier molecular flexibility index (Phi) is 6.90. The van der Waals surface area contributed by atoms with Crippen LogP contribution >= 0.6 is 11.3 Å². The van der Waals surface area contributed by atoms with Gasteiger partial charge < -0.3 is 4.74 Å². The van der Waals surface area contributed by atoms with E-state index in [0.717, 1.165) is 16.2 Å². The Morgan fingerprint density at radius 1 is 1.04 bits per heavy atom. The third-order valence-corrected chi connectivity index (χ3v) is 8.74. The highest BCUT2D eigenvalue weighted by molar-refractivity contribution is 7.94. The van der Waals surface area contributed by atoms with Crippen LogP contribution in [0.15, 0.2) is 39.4 Å². The fraction of sp³-hybridized carbons (Fsp3) is 0.412. The van der Waals surface area contributed by atoms with Crippen molar-refractivity contribution < 1.29 is 21.6 Å². The summed E-state index contributed by atoms with van der Waals surface area (Å²) in [4.78, 5) is 0.808. The molecule has 0 bridgehead atoms. The van der Waals surface area contributed by atoms with E-state index in [1.165, 1.54) is 28.6 Å². The molecule has 0 fully saturated rings. The van der Waals surface area contributed by atoms with Gasteiger partial charge in [-0.25, -0.2) is 16.8 Å². The Labute approximate surface area is 165 Å². The smallest absolute Gasteiger partial charge is 0.271 e. The molecule has 0 saturated heterocycles. The number of rotatable bonds is 9. The number of sulfonamides is 2. The van der Waals surface area contributed by atoms with Crippen LogP contribution in [0.25, 0.3) is 0 Å². The highest BCUT2D eigenvalue weighted by Gasteiger charge is 2.27.